The van der Waals surface area contributed by atoms with Crippen molar-refractivity contribution in [3.8, 4) is 11.1 Å². The molecule has 2 aliphatic rings. The third-order valence-corrected chi connectivity index (χ3v) is 7.94. The normalized spacial score (nSPS) is 25.8. The summed E-state index contributed by atoms with van der Waals surface area (Å²) in [5, 5.41) is 0. The highest BCUT2D eigenvalue weighted by molar-refractivity contribution is 5.68. The molecule has 0 N–H and O–H groups in total. The van der Waals surface area contributed by atoms with E-state index in [1.165, 1.54) is 80.9 Å². The summed E-state index contributed by atoms with van der Waals surface area (Å²) >= 11 is 0. The van der Waals surface area contributed by atoms with E-state index in [2.05, 4.69) is 63.2 Å². The lowest BCUT2D eigenvalue weighted by Crippen LogP contribution is -2.27. The summed E-state index contributed by atoms with van der Waals surface area (Å²) in [6.07, 6.45) is 13.1. The molecule has 0 spiro atoms. The van der Waals surface area contributed by atoms with E-state index in [0.717, 1.165) is 30.6 Å². The molecule has 2 heteroatoms. The Morgan fingerprint density at radius 2 is 1.42 bits per heavy atom. The van der Waals surface area contributed by atoms with Crippen molar-refractivity contribution in [2.75, 3.05) is 13.2 Å². The van der Waals surface area contributed by atoms with Crippen LogP contribution >= 0.6 is 0 Å². The molecule has 0 bridgehead atoms. The summed E-state index contributed by atoms with van der Waals surface area (Å²) in [5.74, 6) is 2.27. The van der Waals surface area contributed by atoms with E-state index in [4.69, 9.17) is 9.47 Å². The smallest absolute Gasteiger partial charge is 0.183 e. The lowest BCUT2D eigenvalue weighted by molar-refractivity contribution is -0.206. The van der Waals surface area contributed by atoms with E-state index in [0.29, 0.717) is 5.92 Å². The first-order valence-corrected chi connectivity index (χ1v) is 13.6. The lowest BCUT2D eigenvalue weighted by atomic mass is 9.77. The van der Waals surface area contributed by atoms with Crippen molar-refractivity contribution in [1.29, 1.82) is 0 Å². The predicted octanol–water partition coefficient (Wildman–Crippen LogP) is 8.98. The van der Waals surface area contributed by atoms with Gasteiger partial charge in [-0.3, -0.25) is 0 Å². The molecule has 2 aromatic carbocycles. The van der Waals surface area contributed by atoms with Crippen LogP contribution in [0.1, 0.15) is 107 Å². The minimum Gasteiger partial charge on any atom is -0.348 e. The Labute approximate surface area is 202 Å². The summed E-state index contributed by atoms with van der Waals surface area (Å²) in [6, 6.07) is 16.0. The molecule has 0 amide bonds. The van der Waals surface area contributed by atoms with Gasteiger partial charge in [0.1, 0.15) is 0 Å². The van der Waals surface area contributed by atoms with Crippen LogP contribution in [-0.2, 0) is 9.47 Å². The number of unbranched alkanes of at least 4 members (excludes halogenated alkanes) is 2. The summed E-state index contributed by atoms with van der Waals surface area (Å²) in [5.41, 5.74) is 6.68. The van der Waals surface area contributed by atoms with Crippen molar-refractivity contribution in [2.45, 2.75) is 97.2 Å². The van der Waals surface area contributed by atoms with Gasteiger partial charge < -0.3 is 9.47 Å². The van der Waals surface area contributed by atoms with E-state index >= 15 is 0 Å². The van der Waals surface area contributed by atoms with Crippen LogP contribution in [0.25, 0.3) is 11.1 Å². The first kappa shape index (κ1) is 24.5. The van der Waals surface area contributed by atoms with Crippen LogP contribution in [0.2, 0.25) is 0 Å². The van der Waals surface area contributed by atoms with Gasteiger partial charge in [-0.05, 0) is 73.1 Å². The molecular formula is C31H44O2. The van der Waals surface area contributed by atoms with E-state index in [1.54, 1.807) is 5.56 Å². The maximum atomic E-state index is 6.06. The molecule has 0 radical (unpaired) electrons. The second kappa shape index (κ2) is 12.2. The standard InChI is InChI=1S/C31H44O2/c1-4-6-7-9-25-21-32-31(33-22-25)28-16-14-27(15-17-28)30-19-18-29(20-23(30)3)26-12-10-24(8-5-2)11-13-26/h14-20,24-26,31H,4-13,21-22H2,1-3H3/t24?,25-,26?,31-. The van der Waals surface area contributed by atoms with Crippen LogP contribution in [0.3, 0.4) is 0 Å². The van der Waals surface area contributed by atoms with Crippen LogP contribution in [0.15, 0.2) is 42.5 Å². The van der Waals surface area contributed by atoms with E-state index in [9.17, 15) is 0 Å². The molecule has 1 saturated heterocycles. The SMILES string of the molecule is CCCCC[C@H]1CO[C@H](c2ccc(-c3ccc(C4CCC(CCC)CC4)cc3C)cc2)OC1. The minimum atomic E-state index is -0.215. The highest BCUT2D eigenvalue weighted by Crippen LogP contribution is 2.39. The third-order valence-electron chi connectivity index (χ3n) is 7.94. The van der Waals surface area contributed by atoms with Gasteiger partial charge >= 0.3 is 0 Å². The fourth-order valence-electron chi connectivity index (χ4n) is 5.86. The monoisotopic (exact) mass is 448 g/mol. The van der Waals surface area contributed by atoms with Gasteiger partial charge in [-0.15, -0.1) is 0 Å². The molecule has 1 aliphatic carbocycles. The summed E-state index contributed by atoms with van der Waals surface area (Å²) in [6.45, 7) is 8.47. The van der Waals surface area contributed by atoms with Crippen molar-refractivity contribution in [1.82, 2.24) is 0 Å². The zero-order valence-electron chi connectivity index (χ0n) is 21.2. The fourth-order valence-corrected chi connectivity index (χ4v) is 5.86. The van der Waals surface area contributed by atoms with Gasteiger partial charge in [-0.2, -0.15) is 0 Å². The second-order valence-corrected chi connectivity index (χ2v) is 10.6. The van der Waals surface area contributed by atoms with Crippen molar-refractivity contribution in [3.05, 3.63) is 59.2 Å². The van der Waals surface area contributed by atoms with Gasteiger partial charge in [0.15, 0.2) is 6.29 Å². The molecule has 2 nitrogen and oxygen atoms in total. The fraction of sp³-hybridized carbons (Fsp3) is 0.613. The molecule has 0 aromatic heterocycles. The second-order valence-electron chi connectivity index (χ2n) is 10.6. The number of hydrogen-bond acceptors (Lipinski definition) is 2. The van der Waals surface area contributed by atoms with E-state index < -0.39 is 0 Å². The van der Waals surface area contributed by atoms with Gasteiger partial charge in [0.05, 0.1) is 13.2 Å². The van der Waals surface area contributed by atoms with Gasteiger partial charge in [0, 0.05) is 11.5 Å². The Morgan fingerprint density at radius 1 is 0.727 bits per heavy atom. The zero-order valence-corrected chi connectivity index (χ0v) is 21.2. The molecule has 1 heterocycles. The van der Waals surface area contributed by atoms with Crippen LogP contribution in [0.5, 0.6) is 0 Å². The zero-order chi connectivity index (χ0) is 23.0. The molecule has 4 rings (SSSR count). The molecule has 0 atom stereocenters. The van der Waals surface area contributed by atoms with Crippen LogP contribution in [0.4, 0.5) is 0 Å². The number of aryl methyl sites for hydroxylation is 1. The van der Waals surface area contributed by atoms with Crippen molar-refractivity contribution in [2.24, 2.45) is 11.8 Å². The number of ether oxygens (including phenoxy) is 2. The van der Waals surface area contributed by atoms with Gasteiger partial charge in [-0.1, -0.05) is 88.4 Å². The van der Waals surface area contributed by atoms with E-state index in [-0.39, 0.29) is 6.29 Å². The van der Waals surface area contributed by atoms with Crippen molar-refractivity contribution < 1.29 is 9.47 Å². The summed E-state index contributed by atoms with van der Waals surface area (Å²) < 4.78 is 12.1. The quantitative estimate of drug-likeness (QED) is 0.356. The molecular weight excluding hydrogens is 404 g/mol. The third kappa shape index (κ3) is 6.49. The highest BCUT2D eigenvalue weighted by Gasteiger charge is 2.24. The summed E-state index contributed by atoms with van der Waals surface area (Å²) in [7, 11) is 0. The molecule has 2 aromatic rings. The van der Waals surface area contributed by atoms with E-state index in [1.807, 2.05) is 0 Å². The molecule has 1 aliphatic heterocycles. The predicted molar refractivity (Wildman–Crippen MR) is 138 cm³/mol. The van der Waals surface area contributed by atoms with Crippen LogP contribution in [0, 0.1) is 18.8 Å². The molecule has 0 unspecified atom stereocenters. The Morgan fingerprint density at radius 3 is 2.06 bits per heavy atom. The first-order valence-electron chi connectivity index (χ1n) is 13.6. The van der Waals surface area contributed by atoms with Crippen molar-refractivity contribution in [3.63, 3.8) is 0 Å². The first-order chi connectivity index (χ1) is 16.2. The Hall–Kier alpha value is -1.64. The van der Waals surface area contributed by atoms with Crippen molar-refractivity contribution >= 4 is 0 Å². The molecule has 180 valence electrons. The van der Waals surface area contributed by atoms with Gasteiger partial charge in [0.25, 0.3) is 0 Å². The average molecular weight is 449 g/mol. The Kier molecular flexibility index (Phi) is 9.03. The topological polar surface area (TPSA) is 18.5 Å². The molecule has 1 saturated carbocycles. The van der Waals surface area contributed by atoms with Gasteiger partial charge in [0.2, 0.25) is 0 Å². The largest absolute Gasteiger partial charge is 0.348 e. The number of benzene rings is 2. The van der Waals surface area contributed by atoms with Crippen LogP contribution < -0.4 is 0 Å². The lowest BCUT2D eigenvalue weighted by Gasteiger charge is -2.30. The maximum Gasteiger partial charge on any atom is 0.183 e. The average Bonchev–Trinajstić information content (AvgIpc) is 2.85. The van der Waals surface area contributed by atoms with Gasteiger partial charge in [-0.25, -0.2) is 0 Å². The number of rotatable bonds is 9. The van der Waals surface area contributed by atoms with Crippen LogP contribution in [-0.4, -0.2) is 13.2 Å². The Balaban J connectivity index is 1.33. The molecule has 33 heavy (non-hydrogen) atoms. The Bertz CT molecular complexity index is 840. The number of hydrogen-bond donors (Lipinski definition) is 0. The minimum absolute atomic E-state index is 0.215. The highest BCUT2D eigenvalue weighted by atomic mass is 16.7. The molecule has 2 fully saturated rings. The summed E-state index contributed by atoms with van der Waals surface area (Å²) in [4.78, 5) is 0. The maximum absolute atomic E-state index is 6.06.